The first-order valence-electron chi connectivity index (χ1n) is 7.67. The topological polar surface area (TPSA) is 53.7 Å². The minimum atomic E-state index is -4.77. The first-order chi connectivity index (χ1) is 11.3. The molecule has 0 aliphatic carbocycles. The van der Waals surface area contributed by atoms with Crippen molar-refractivity contribution in [2.75, 3.05) is 11.5 Å². The molecule has 0 spiro atoms. The van der Waals surface area contributed by atoms with Crippen molar-refractivity contribution in [2.24, 2.45) is 0 Å². The van der Waals surface area contributed by atoms with Crippen LogP contribution in [0.15, 0.2) is 23.7 Å². The van der Waals surface area contributed by atoms with Gasteiger partial charge in [0.1, 0.15) is 5.75 Å². The summed E-state index contributed by atoms with van der Waals surface area (Å²) in [6.07, 6.45) is -3.15. The summed E-state index contributed by atoms with van der Waals surface area (Å²) in [5.74, 6) is -0.0546. The summed E-state index contributed by atoms with van der Waals surface area (Å²) in [5, 5.41) is 0. The molecule has 0 amide bonds. The van der Waals surface area contributed by atoms with Gasteiger partial charge in [-0.05, 0) is 51.4 Å². The summed E-state index contributed by atoms with van der Waals surface area (Å²) >= 11 is 4.28. The zero-order valence-corrected chi connectivity index (χ0v) is 15.4. The predicted molar refractivity (Wildman–Crippen MR) is 95.4 cm³/mol. The van der Waals surface area contributed by atoms with Gasteiger partial charge in [-0.3, -0.25) is 0 Å². The average Bonchev–Trinajstić information content (AvgIpc) is 2.66. The molecule has 0 unspecified atom stereocenters. The molecule has 4 nitrogen and oxygen atoms in total. The van der Waals surface area contributed by atoms with Gasteiger partial charge in [0.25, 0.3) is 0 Å². The molecule has 0 saturated carbocycles. The monoisotopic (exact) mass is 375 g/mol. The largest absolute Gasteiger partial charge is 0.573 e. The van der Waals surface area contributed by atoms with Crippen LogP contribution in [0.5, 0.6) is 5.75 Å². The Kier molecular flexibility index (Phi) is 5.42. The lowest BCUT2D eigenvalue weighted by Gasteiger charge is -2.32. The molecule has 138 valence electrons. The van der Waals surface area contributed by atoms with Crippen molar-refractivity contribution in [1.29, 1.82) is 0 Å². The molecule has 2 rings (SSSR count). The number of halogens is 3. The Morgan fingerprint density at radius 1 is 1.24 bits per heavy atom. The van der Waals surface area contributed by atoms with Crippen molar-refractivity contribution >= 4 is 31.5 Å². The van der Waals surface area contributed by atoms with Crippen molar-refractivity contribution in [3.63, 3.8) is 0 Å². The highest BCUT2D eigenvalue weighted by Gasteiger charge is 2.52. The van der Waals surface area contributed by atoms with Gasteiger partial charge in [-0.1, -0.05) is 6.08 Å². The van der Waals surface area contributed by atoms with Crippen molar-refractivity contribution in [3.8, 4) is 5.75 Å². The first-order valence-corrected chi connectivity index (χ1v) is 8.30. The maximum Gasteiger partial charge on any atom is 0.573 e. The zero-order valence-electron chi connectivity index (χ0n) is 14.5. The Hall–Kier alpha value is -1.32. The molecule has 1 saturated heterocycles. The Morgan fingerprint density at radius 2 is 1.80 bits per heavy atom. The molecule has 0 bridgehead atoms. The van der Waals surface area contributed by atoms with Gasteiger partial charge >= 0.3 is 13.5 Å². The Labute approximate surface area is 151 Å². The van der Waals surface area contributed by atoms with Crippen LogP contribution in [-0.2, 0) is 9.31 Å². The third kappa shape index (κ3) is 4.65. The van der Waals surface area contributed by atoms with Gasteiger partial charge in [-0.15, -0.1) is 13.2 Å². The van der Waals surface area contributed by atoms with Gasteiger partial charge in [0.15, 0.2) is 0 Å². The Bertz CT molecular complexity index is 661. The second-order valence-corrected chi connectivity index (χ2v) is 7.12. The number of anilines is 1. The van der Waals surface area contributed by atoms with Crippen LogP contribution in [0, 0.1) is 0 Å². The van der Waals surface area contributed by atoms with Crippen molar-refractivity contribution < 1.29 is 27.2 Å². The van der Waals surface area contributed by atoms with E-state index in [-0.39, 0.29) is 5.75 Å². The molecule has 1 fully saturated rings. The summed E-state index contributed by atoms with van der Waals surface area (Å²) in [5.41, 5.74) is 6.14. The van der Waals surface area contributed by atoms with Crippen LogP contribution in [0.3, 0.4) is 0 Å². The molecule has 25 heavy (non-hydrogen) atoms. The molecule has 9 heteroatoms. The van der Waals surface area contributed by atoms with Crippen LogP contribution in [0.4, 0.5) is 18.9 Å². The van der Waals surface area contributed by atoms with Crippen LogP contribution >= 0.6 is 12.6 Å². The maximum atomic E-state index is 12.4. The van der Waals surface area contributed by atoms with E-state index in [0.717, 1.165) is 6.07 Å². The summed E-state index contributed by atoms with van der Waals surface area (Å²) < 4.78 is 53.0. The first kappa shape index (κ1) is 20.0. The fraction of sp³-hybridized carbons (Fsp3) is 0.500. The number of alkyl halides is 3. The molecule has 0 atom stereocenters. The van der Waals surface area contributed by atoms with Crippen molar-refractivity contribution in [3.05, 3.63) is 29.2 Å². The minimum Gasteiger partial charge on any atom is -0.406 e. The van der Waals surface area contributed by atoms with E-state index in [1.165, 1.54) is 12.1 Å². The molecule has 1 aromatic rings. The van der Waals surface area contributed by atoms with Gasteiger partial charge in [0.2, 0.25) is 0 Å². The van der Waals surface area contributed by atoms with E-state index in [1.54, 1.807) is 6.08 Å². The quantitative estimate of drug-likeness (QED) is 0.473. The van der Waals surface area contributed by atoms with Crippen LogP contribution in [0.25, 0.3) is 6.08 Å². The second-order valence-electron chi connectivity index (χ2n) is 6.80. The maximum absolute atomic E-state index is 12.4. The van der Waals surface area contributed by atoms with E-state index in [1.807, 2.05) is 27.7 Å². The molecular formula is C16H21BF3NO3S. The highest BCUT2D eigenvalue weighted by Crippen LogP contribution is 2.39. The van der Waals surface area contributed by atoms with Gasteiger partial charge in [-0.25, -0.2) is 0 Å². The van der Waals surface area contributed by atoms with Crippen molar-refractivity contribution in [1.82, 2.24) is 0 Å². The van der Waals surface area contributed by atoms with Gasteiger partial charge in [0.05, 0.1) is 11.2 Å². The van der Waals surface area contributed by atoms with E-state index in [4.69, 9.17) is 15.0 Å². The van der Waals surface area contributed by atoms with Crippen LogP contribution in [0.2, 0.25) is 0 Å². The highest BCUT2D eigenvalue weighted by atomic mass is 32.1. The predicted octanol–water partition coefficient (Wildman–Crippen LogP) is 4.11. The SMILES string of the molecule is CC1(C)OB(C(=Cc2cc(OC(F)(F)F)ccc2N)CS)OC1(C)C. The lowest BCUT2D eigenvalue weighted by Crippen LogP contribution is -2.41. The molecule has 0 aromatic heterocycles. The number of rotatable bonds is 4. The minimum absolute atomic E-state index is 0.292. The molecular weight excluding hydrogens is 354 g/mol. The number of ether oxygens (including phenoxy) is 1. The second kappa shape index (κ2) is 6.77. The molecule has 0 radical (unpaired) electrons. The number of nitrogen functional groups attached to an aromatic ring is 1. The van der Waals surface area contributed by atoms with E-state index >= 15 is 0 Å². The third-order valence-corrected chi connectivity index (χ3v) is 4.74. The fourth-order valence-electron chi connectivity index (χ4n) is 2.26. The lowest BCUT2D eigenvalue weighted by atomic mass is 9.78. The Balaban J connectivity index is 2.32. The van der Waals surface area contributed by atoms with Crippen LogP contribution in [-0.4, -0.2) is 30.4 Å². The van der Waals surface area contributed by atoms with Crippen LogP contribution < -0.4 is 10.5 Å². The normalized spacial score (nSPS) is 20.0. The lowest BCUT2D eigenvalue weighted by molar-refractivity contribution is -0.274. The Morgan fingerprint density at radius 3 is 2.28 bits per heavy atom. The molecule has 1 aliphatic heterocycles. The highest BCUT2D eigenvalue weighted by molar-refractivity contribution is 7.80. The van der Waals surface area contributed by atoms with E-state index in [2.05, 4.69) is 17.4 Å². The van der Waals surface area contributed by atoms with Gasteiger partial charge in [0, 0.05) is 17.0 Å². The van der Waals surface area contributed by atoms with E-state index in [0.29, 0.717) is 22.5 Å². The summed E-state index contributed by atoms with van der Waals surface area (Å²) in [7, 11) is -0.658. The third-order valence-electron chi connectivity index (χ3n) is 4.37. The summed E-state index contributed by atoms with van der Waals surface area (Å²) in [6.45, 7) is 7.65. The number of benzene rings is 1. The number of thiol groups is 1. The van der Waals surface area contributed by atoms with Gasteiger partial charge < -0.3 is 19.8 Å². The summed E-state index contributed by atoms with van der Waals surface area (Å²) in [6, 6.07) is 3.74. The fourth-order valence-corrected chi connectivity index (χ4v) is 2.50. The molecule has 2 N–H and O–H groups in total. The average molecular weight is 375 g/mol. The smallest absolute Gasteiger partial charge is 0.406 e. The van der Waals surface area contributed by atoms with Gasteiger partial charge in [-0.2, -0.15) is 12.6 Å². The molecule has 1 heterocycles. The van der Waals surface area contributed by atoms with Crippen molar-refractivity contribution in [2.45, 2.75) is 45.3 Å². The molecule has 1 aromatic carbocycles. The standard InChI is InChI=1S/C16H21BF3NO3S/c1-14(2)15(3,4)24-17(23-14)11(9-25)7-10-8-12(5-6-13(10)21)22-16(18,19)20/h5-8,25H,9,21H2,1-4H3. The number of nitrogens with two attached hydrogens (primary N) is 1. The number of hydrogen-bond acceptors (Lipinski definition) is 5. The zero-order chi connectivity index (χ0) is 19.0. The van der Waals surface area contributed by atoms with E-state index in [9.17, 15) is 13.2 Å². The van der Waals surface area contributed by atoms with Crippen LogP contribution in [0.1, 0.15) is 33.3 Å². The van der Waals surface area contributed by atoms with E-state index < -0.39 is 24.7 Å². The number of hydrogen-bond donors (Lipinski definition) is 2. The molecule has 1 aliphatic rings. The summed E-state index contributed by atoms with van der Waals surface area (Å²) in [4.78, 5) is 0.